The first-order valence-electron chi connectivity index (χ1n) is 8.71. The number of carbonyl (C=O) groups excluding carboxylic acids is 1. The third kappa shape index (κ3) is 4.14. The van der Waals surface area contributed by atoms with E-state index >= 15 is 0 Å². The van der Waals surface area contributed by atoms with E-state index in [0.29, 0.717) is 23.6 Å². The van der Waals surface area contributed by atoms with Gasteiger partial charge in [0.1, 0.15) is 5.69 Å². The summed E-state index contributed by atoms with van der Waals surface area (Å²) >= 11 is 0. The van der Waals surface area contributed by atoms with Gasteiger partial charge in [-0.05, 0) is 25.0 Å². The van der Waals surface area contributed by atoms with Gasteiger partial charge in [-0.1, -0.05) is 31.4 Å². The Balaban J connectivity index is 1.73. The zero-order valence-corrected chi connectivity index (χ0v) is 14.5. The Morgan fingerprint density at radius 3 is 2.72 bits per heavy atom. The van der Waals surface area contributed by atoms with Crippen molar-refractivity contribution in [3.63, 3.8) is 0 Å². The van der Waals surface area contributed by atoms with Gasteiger partial charge in [-0.2, -0.15) is 0 Å². The van der Waals surface area contributed by atoms with Crippen molar-refractivity contribution in [2.24, 2.45) is 0 Å². The van der Waals surface area contributed by atoms with Crippen molar-refractivity contribution in [2.75, 3.05) is 18.9 Å². The predicted octanol–water partition coefficient (Wildman–Crippen LogP) is 2.61. The molecule has 132 valence electrons. The summed E-state index contributed by atoms with van der Waals surface area (Å²) in [5.74, 6) is 0.479. The van der Waals surface area contributed by atoms with E-state index in [1.807, 2.05) is 12.1 Å². The van der Waals surface area contributed by atoms with E-state index < -0.39 is 5.60 Å². The Kier molecular flexibility index (Phi) is 5.28. The summed E-state index contributed by atoms with van der Waals surface area (Å²) in [6.07, 6.45) is 7.93. The number of nitrogens with one attached hydrogen (secondary N) is 2. The Morgan fingerprint density at radius 1 is 1.20 bits per heavy atom. The van der Waals surface area contributed by atoms with Crippen molar-refractivity contribution in [3.8, 4) is 11.3 Å². The van der Waals surface area contributed by atoms with Crippen LogP contribution in [0.3, 0.4) is 0 Å². The first kappa shape index (κ1) is 17.4. The van der Waals surface area contributed by atoms with Crippen LogP contribution in [0.1, 0.15) is 42.5 Å². The maximum Gasteiger partial charge on any atom is 0.251 e. The lowest BCUT2D eigenvalue weighted by atomic mass is 9.85. The monoisotopic (exact) mass is 340 g/mol. The smallest absolute Gasteiger partial charge is 0.251 e. The normalized spacial score (nSPS) is 16.2. The molecule has 1 heterocycles. The number of carbonyl (C=O) groups is 1. The van der Waals surface area contributed by atoms with Crippen LogP contribution < -0.4 is 10.6 Å². The molecule has 25 heavy (non-hydrogen) atoms. The second-order valence-corrected chi connectivity index (χ2v) is 6.55. The van der Waals surface area contributed by atoms with Crippen LogP contribution in [0.2, 0.25) is 0 Å². The van der Waals surface area contributed by atoms with Gasteiger partial charge in [0.15, 0.2) is 5.82 Å². The molecule has 0 unspecified atom stereocenters. The molecule has 1 aliphatic carbocycles. The minimum atomic E-state index is -0.768. The van der Waals surface area contributed by atoms with Crippen molar-refractivity contribution >= 4 is 11.7 Å². The summed E-state index contributed by atoms with van der Waals surface area (Å²) in [5.41, 5.74) is 1.30. The molecule has 6 heteroatoms. The average molecular weight is 340 g/mol. The molecule has 0 aliphatic heterocycles. The van der Waals surface area contributed by atoms with Gasteiger partial charge in [-0.3, -0.25) is 9.78 Å². The number of amides is 1. The van der Waals surface area contributed by atoms with Crippen LogP contribution in [0.4, 0.5) is 5.82 Å². The number of anilines is 1. The molecule has 1 saturated carbocycles. The maximum atomic E-state index is 12.5. The molecule has 0 bridgehead atoms. The van der Waals surface area contributed by atoms with E-state index in [2.05, 4.69) is 20.6 Å². The van der Waals surface area contributed by atoms with E-state index in [1.165, 1.54) is 0 Å². The van der Waals surface area contributed by atoms with Crippen LogP contribution in [-0.2, 0) is 0 Å². The number of aliphatic hydroxyl groups is 1. The molecule has 3 rings (SSSR count). The summed E-state index contributed by atoms with van der Waals surface area (Å²) < 4.78 is 0. The van der Waals surface area contributed by atoms with Gasteiger partial charge in [0.2, 0.25) is 0 Å². The van der Waals surface area contributed by atoms with Crippen LogP contribution in [0, 0.1) is 0 Å². The molecule has 1 amide bonds. The Labute approximate surface area is 147 Å². The number of hydrogen-bond donors (Lipinski definition) is 3. The number of hydrogen-bond acceptors (Lipinski definition) is 5. The average Bonchev–Trinajstić information content (AvgIpc) is 2.67. The molecule has 1 fully saturated rings. The number of benzene rings is 1. The van der Waals surface area contributed by atoms with Gasteiger partial charge in [-0.25, -0.2) is 4.98 Å². The highest BCUT2D eigenvalue weighted by atomic mass is 16.3. The third-order valence-electron chi connectivity index (χ3n) is 4.70. The van der Waals surface area contributed by atoms with Gasteiger partial charge in [0.05, 0.1) is 5.60 Å². The molecule has 1 aromatic heterocycles. The predicted molar refractivity (Wildman–Crippen MR) is 97.4 cm³/mol. The maximum absolute atomic E-state index is 12.5. The van der Waals surface area contributed by atoms with Gasteiger partial charge >= 0.3 is 0 Å². The van der Waals surface area contributed by atoms with E-state index in [4.69, 9.17) is 0 Å². The summed E-state index contributed by atoms with van der Waals surface area (Å²) in [7, 11) is 1.79. The van der Waals surface area contributed by atoms with Gasteiger partial charge in [0, 0.05) is 37.1 Å². The number of nitrogens with zero attached hydrogens (tertiary/aromatic N) is 2. The van der Waals surface area contributed by atoms with Crippen molar-refractivity contribution < 1.29 is 9.90 Å². The van der Waals surface area contributed by atoms with Gasteiger partial charge in [0.25, 0.3) is 5.91 Å². The standard InChI is InChI=1S/C19H24N4O2/c1-20-17-16(21-10-11-22-17)14-6-5-7-15(12-14)18(24)23-13-19(25)8-3-2-4-9-19/h5-7,10-12,25H,2-4,8-9,13H2,1H3,(H,20,22)(H,23,24). The molecule has 0 saturated heterocycles. The molecular formula is C19H24N4O2. The lowest BCUT2D eigenvalue weighted by Gasteiger charge is -2.32. The van der Waals surface area contributed by atoms with Crippen molar-refractivity contribution in [3.05, 3.63) is 42.2 Å². The molecule has 0 spiro atoms. The van der Waals surface area contributed by atoms with E-state index in [-0.39, 0.29) is 5.91 Å². The molecule has 1 aromatic carbocycles. The van der Waals surface area contributed by atoms with Gasteiger partial charge in [-0.15, -0.1) is 0 Å². The number of aromatic nitrogens is 2. The van der Waals surface area contributed by atoms with E-state index in [9.17, 15) is 9.90 Å². The molecule has 3 N–H and O–H groups in total. The molecule has 0 atom stereocenters. The summed E-state index contributed by atoms with van der Waals surface area (Å²) in [4.78, 5) is 21.1. The summed E-state index contributed by atoms with van der Waals surface area (Å²) in [5, 5.41) is 16.4. The second kappa shape index (κ2) is 7.61. The summed E-state index contributed by atoms with van der Waals surface area (Å²) in [6.45, 7) is 0.295. The fourth-order valence-corrected chi connectivity index (χ4v) is 3.27. The molecule has 0 radical (unpaired) electrons. The minimum absolute atomic E-state index is 0.184. The Hall–Kier alpha value is -2.47. The van der Waals surface area contributed by atoms with Crippen molar-refractivity contribution in [2.45, 2.75) is 37.7 Å². The lowest BCUT2D eigenvalue weighted by molar-refractivity contribution is 0.00526. The molecule has 6 nitrogen and oxygen atoms in total. The quantitative estimate of drug-likeness (QED) is 0.779. The highest BCUT2D eigenvalue weighted by molar-refractivity contribution is 5.95. The molecular weight excluding hydrogens is 316 g/mol. The van der Waals surface area contributed by atoms with E-state index in [1.54, 1.807) is 31.6 Å². The third-order valence-corrected chi connectivity index (χ3v) is 4.70. The highest BCUT2D eigenvalue weighted by Crippen LogP contribution is 2.27. The van der Waals surface area contributed by atoms with E-state index in [0.717, 1.165) is 37.7 Å². The lowest BCUT2D eigenvalue weighted by Crippen LogP contribution is -2.44. The summed E-state index contributed by atoms with van der Waals surface area (Å²) in [6, 6.07) is 7.29. The fraction of sp³-hybridized carbons (Fsp3) is 0.421. The van der Waals surface area contributed by atoms with Crippen molar-refractivity contribution in [1.29, 1.82) is 0 Å². The first-order chi connectivity index (χ1) is 12.1. The van der Waals surface area contributed by atoms with Gasteiger partial charge < -0.3 is 15.7 Å². The minimum Gasteiger partial charge on any atom is -0.388 e. The largest absolute Gasteiger partial charge is 0.388 e. The van der Waals surface area contributed by atoms with Crippen LogP contribution in [-0.4, -0.2) is 40.2 Å². The molecule has 1 aliphatic rings. The number of rotatable bonds is 5. The molecule has 2 aromatic rings. The van der Waals surface area contributed by atoms with Crippen molar-refractivity contribution in [1.82, 2.24) is 15.3 Å². The van der Waals surface area contributed by atoms with Crippen LogP contribution in [0.5, 0.6) is 0 Å². The highest BCUT2D eigenvalue weighted by Gasteiger charge is 2.29. The topological polar surface area (TPSA) is 87.1 Å². The second-order valence-electron chi connectivity index (χ2n) is 6.55. The first-order valence-corrected chi connectivity index (χ1v) is 8.71. The van der Waals surface area contributed by atoms with Crippen LogP contribution in [0.15, 0.2) is 36.7 Å². The van der Waals surface area contributed by atoms with Crippen LogP contribution >= 0.6 is 0 Å². The Bertz CT molecular complexity index is 742. The zero-order chi connectivity index (χ0) is 17.7. The SMILES string of the molecule is CNc1nccnc1-c1cccc(C(=O)NCC2(O)CCCCC2)c1. The fourth-order valence-electron chi connectivity index (χ4n) is 3.27. The Morgan fingerprint density at radius 2 is 1.96 bits per heavy atom. The zero-order valence-electron chi connectivity index (χ0n) is 14.5. The van der Waals surface area contributed by atoms with Crippen LogP contribution in [0.25, 0.3) is 11.3 Å².